The summed E-state index contributed by atoms with van der Waals surface area (Å²) < 4.78 is 37.6. The summed E-state index contributed by atoms with van der Waals surface area (Å²) in [7, 11) is 0. The van der Waals surface area contributed by atoms with Gasteiger partial charge in [0.25, 0.3) is 0 Å². The fraction of sp³-hybridized carbons (Fsp3) is 0.385. The lowest BCUT2D eigenvalue weighted by Crippen LogP contribution is -2.22. The molecule has 1 aromatic rings. The summed E-state index contributed by atoms with van der Waals surface area (Å²) >= 11 is 6.01. The van der Waals surface area contributed by atoms with E-state index in [-0.39, 0.29) is 19.3 Å². The van der Waals surface area contributed by atoms with Gasteiger partial charge in [-0.2, -0.15) is 23.7 Å². The van der Waals surface area contributed by atoms with Gasteiger partial charge in [0.1, 0.15) is 4.87 Å². The maximum Gasteiger partial charge on any atom is 0.416 e. The van der Waals surface area contributed by atoms with Gasteiger partial charge < -0.3 is 0 Å². The Kier molecular flexibility index (Phi) is 4.80. The lowest BCUT2D eigenvalue weighted by Gasteiger charge is -2.18. The Morgan fingerprint density at radius 2 is 1.89 bits per heavy atom. The van der Waals surface area contributed by atoms with E-state index in [2.05, 4.69) is 0 Å². The minimum absolute atomic E-state index is 0.0311. The van der Waals surface area contributed by atoms with Crippen molar-refractivity contribution in [3.8, 4) is 12.1 Å². The molecule has 0 heterocycles. The highest BCUT2D eigenvalue weighted by Gasteiger charge is 2.32. The molecule has 1 unspecified atom stereocenters. The first kappa shape index (κ1) is 15.3. The van der Waals surface area contributed by atoms with E-state index in [1.807, 2.05) is 12.1 Å². The zero-order valence-electron chi connectivity index (χ0n) is 9.84. The van der Waals surface area contributed by atoms with Crippen molar-refractivity contribution in [1.29, 1.82) is 10.5 Å². The Morgan fingerprint density at radius 3 is 2.42 bits per heavy atom. The Morgan fingerprint density at radius 1 is 1.21 bits per heavy atom. The highest BCUT2D eigenvalue weighted by atomic mass is 35.5. The predicted octanol–water partition coefficient (Wildman–Crippen LogP) is 4.05. The first-order valence-corrected chi connectivity index (χ1v) is 5.82. The summed E-state index contributed by atoms with van der Waals surface area (Å²) in [4.78, 5) is -1.35. The van der Waals surface area contributed by atoms with Crippen LogP contribution in [0.1, 0.15) is 24.0 Å². The molecule has 1 rings (SSSR count). The van der Waals surface area contributed by atoms with Gasteiger partial charge in [0, 0.05) is 12.8 Å². The number of hydrogen-bond acceptors (Lipinski definition) is 2. The molecule has 0 spiro atoms. The van der Waals surface area contributed by atoms with Gasteiger partial charge in [-0.25, -0.2) is 0 Å². The topological polar surface area (TPSA) is 47.6 Å². The summed E-state index contributed by atoms with van der Waals surface area (Å²) in [6, 6.07) is 8.41. The molecular weight excluding hydrogens is 277 g/mol. The predicted molar refractivity (Wildman–Crippen MR) is 64.2 cm³/mol. The van der Waals surface area contributed by atoms with E-state index in [1.54, 1.807) is 0 Å². The summed E-state index contributed by atoms with van der Waals surface area (Å²) in [5.74, 6) is 0. The van der Waals surface area contributed by atoms with Crippen LogP contribution in [0.4, 0.5) is 13.2 Å². The third-order valence-electron chi connectivity index (χ3n) is 2.57. The van der Waals surface area contributed by atoms with E-state index in [1.165, 1.54) is 12.1 Å². The molecule has 0 fully saturated rings. The van der Waals surface area contributed by atoms with Gasteiger partial charge in [-0.05, 0) is 18.1 Å². The van der Waals surface area contributed by atoms with Gasteiger partial charge in [-0.15, -0.1) is 11.6 Å². The quantitative estimate of drug-likeness (QED) is 0.784. The van der Waals surface area contributed by atoms with E-state index in [0.29, 0.717) is 5.56 Å². The minimum atomic E-state index is -4.43. The lowest BCUT2D eigenvalue weighted by atomic mass is 9.94. The number of nitrogens with zero attached hydrogens (tertiary/aromatic N) is 2. The molecule has 0 bridgehead atoms. The molecule has 1 atom stereocenters. The monoisotopic (exact) mass is 286 g/mol. The van der Waals surface area contributed by atoms with Crippen LogP contribution < -0.4 is 0 Å². The largest absolute Gasteiger partial charge is 0.416 e. The molecule has 0 saturated heterocycles. The molecule has 2 nitrogen and oxygen atoms in total. The molecule has 0 aliphatic rings. The van der Waals surface area contributed by atoms with Crippen LogP contribution in [0.25, 0.3) is 0 Å². The number of halogens is 4. The second-order valence-corrected chi connectivity index (χ2v) is 4.83. The SMILES string of the molecule is N#CCCC(Cl)(C#N)Cc1cccc(C(F)(F)F)c1. The number of rotatable bonds is 4. The normalized spacial score (nSPS) is 14.2. The highest BCUT2D eigenvalue weighted by molar-refractivity contribution is 6.26. The molecule has 100 valence electrons. The van der Waals surface area contributed by atoms with E-state index < -0.39 is 16.6 Å². The number of alkyl halides is 4. The summed E-state index contributed by atoms with van der Waals surface area (Å²) in [5, 5.41) is 17.5. The summed E-state index contributed by atoms with van der Waals surface area (Å²) in [6.07, 6.45) is -4.27. The van der Waals surface area contributed by atoms with Crippen molar-refractivity contribution in [2.75, 3.05) is 0 Å². The second kappa shape index (κ2) is 5.95. The van der Waals surface area contributed by atoms with Gasteiger partial charge in [0.05, 0.1) is 17.7 Å². The van der Waals surface area contributed by atoms with Crippen molar-refractivity contribution in [3.63, 3.8) is 0 Å². The fourth-order valence-corrected chi connectivity index (χ4v) is 1.87. The lowest BCUT2D eigenvalue weighted by molar-refractivity contribution is -0.137. The maximum atomic E-state index is 12.5. The van der Waals surface area contributed by atoms with Crippen LogP contribution in [0.2, 0.25) is 0 Å². The van der Waals surface area contributed by atoms with E-state index >= 15 is 0 Å². The Bertz CT molecular complexity index is 528. The molecule has 6 heteroatoms. The van der Waals surface area contributed by atoms with Gasteiger partial charge >= 0.3 is 6.18 Å². The average molecular weight is 287 g/mol. The molecule has 19 heavy (non-hydrogen) atoms. The standard InChI is InChI=1S/C13H10ClF3N2/c14-12(9-19,5-2-6-18)8-10-3-1-4-11(7-10)13(15,16)17/h1,3-4,7H,2,5,8H2. The smallest absolute Gasteiger partial charge is 0.198 e. The molecule has 0 aromatic heterocycles. The molecule has 0 aliphatic heterocycles. The molecule has 0 saturated carbocycles. The van der Waals surface area contributed by atoms with Crippen LogP contribution in [0.3, 0.4) is 0 Å². The summed E-state index contributed by atoms with van der Waals surface area (Å²) in [6.45, 7) is 0. The molecule has 0 aliphatic carbocycles. The van der Waals surface area contributed by atoms with Crippen molar-refractivity contribution in [1.82, 2.24) is 0 Å². The van der Waals surface area contributed by atoms with Gasteiger partial charge in [0.2, 0.25) is 0 Å². The van der Waals surface area contributed by atoms with Crippen LogP contribution in [-0.4, -0.2) is 4.87 Å². The van der Waals surface area contributed by atoms with Crippen molar-refractivity contribution in [3.05, 3.63) is 35.4 Å². The first-order valence-electron chi connectivity index (χ1n) is 5.44. The van der Waals surface area contributed by atoms with Crippen molar-refractivity contribution in [2.24, 2.45) is 0 Å². The molecule has 0 radical (unpaired) electrons. The van der Waals surface area contributed by atoms with Crippen LogP contribution in [0.5, 0.6) is 0 Å². The van der Waals surface area contributed by atoms with Crippen LogP contribution >= 0.6 is 11.6 Å². The molecule has 1 aromatic carbocycles. The third-order valence-corrected chi connectivity index (χ3v) is 2.98. The Balaban J connectivity index is 2.94. The minimum Gasteiger partial charge on any atom is -0.198 e. The maximum absolute atomic E-state index is 12.5. The van der Waals surface area contributed by atoms with E-state index in [0.717, 1.165) is 12.1 Å². The van der Waals surface area contributed by atoms with Crippen LogP contribution in [0.15, 0.2) is 24.3 Å². The third kappa shape index (κ3) is 4.46. The van der Waals surface area contributed by atoms with Gasteiger partial charge in [-0.3, -0.25) is 0 Å². The molecule has 0 N–H and O–H groups in total. The fourth-order valence-electron chi connectivity index (χ4n) is 1.62. The summed E-state index contributed by atoms with van der Waals surface area (Å²) in [5.41, 5.74) is -0.452. The zero-order valence-corrected chi connectivity index (χ0v) is 10.6. The molecular formula is C13H10ClF3N2. The first-order chi connectivity index (χ1) is 8.80. The van der Waals surface area contributed by atoms with Crippen molar-refractivity contribution in [2.45, 2.75) is 30.3 Å². The van der Waals surface area contributed by atoms with Crippen LogP contribution in [0, 0.1) is 22.7 Å². The second-order valence-electron chi connectivity index (χ2n) is 4.11. The molecule has 0 amide bonds. The van der Waals surface area contributed by atoms with Gasteiger partial charge in [-0.1, -0.05) is 18.2 Å². The number of hydrogen-bond donors (Lipinski definition) is 0. The average Bonchev–Trinajstić information content (AvgIpc) is 2.36. The Hall–Kier alpha value is -1.72. The Labute approximate surface area is 114 Å². The number of nitriles is 2. The van der Waals surface area contributed by atoms with Crippen LogP contribution in [-0.2, 0) is 12.6 Å². The van der Waals surface area contributed by atoms with Crippen molar-refractivity contribution >= 4 is 11.6 Å². The van der Waals surface area contributed by atoms with Crippen molar-refractivity contribution < 1.29 is 13.2 Å². The highest BCUT2D eigenvalue weighted by Crippen LogP contribution is 2.32. The number of benzene rings is 1. The van der Waals surface area contributed by atoms with Gasteiger partial charge in [0.15, 0.2) is 0 Å². The van der Waals surface area contributed by atoms with E-state index in [4.69, 9.17) is 22.1 Å². The zero-order chi connectivity index (χ0) is 14.5. The van der Waals surface area contributed by atoms with E-state index in [9.17, 15) is 13.2 Å².